The van der Waals surface area contributed by atoms with Gasteiger partial charge in [0.25, 0.3) is 0 Å². The molecule has 0 radical (unpaired) electrons. The summed E-state index contributed by atoms with van der Waals surface area (Å²) in [5.41, 5.74) is 0.491. The highest BCUT2D eigenvalue weighted by Crippen LogP contribution is 2.29. The summed E-state index contributed by atoms with van der Waals surface area (Å²) >= 11 is 0. The topological polar surface area (TPSA) is 57.9 Å². The summed E-state index contributed by atoms with van der Waals surface area (Å²) in [6.45, 7) is 0. The number of hydrogen-bond acceptors (Lipinski definition) is 3. The summed E-state index contributed by atoms with van der Waals surface area (Å²) in [6.07, 6.45) is 3.53. The molecular weight excluding hydrogens is 222 g/mol. The first kappa shape index (κ1) is 11.2. The lowest BCUT2D eigenvalue weighted by molar-refractivity contribution is 0.579. The van der Waals surface area contributed by atoms with E-state index in [2.05, 4.69) is 0 Å². The lowest BCUT2D eigenvalue weighted by Gasteiger charge is -2.10. The van der Waals surface area contributed by atoms with Crippen LogP contribution in [-0.4, -0.2) is 13.7 Å². The highest BCUT2D eigenvalue weighted by atomic mass is 32.2. The van der Waals surface area contributed by atoms with E-state index in [4.69, 9.17) is 5.26 Å². The summed E-state index contributed by atoms with van der Waals surface area (Å²) in [7, 11) is -3.17. The lowest BCUT2D eigenvalue weighted by atomic mass is 10.2. The van der Waals surface area contributed by atoms with Crippen LogP contribution in [0.2, 0.25) is 0 Å². The van der Waals surface area contributed by atoms with E-state index in [-0.39, 0.29) is 5.25 Å². The molecule has 0 saturated heterocycles. The van der Waals surface area contributed by atoms with E-state index in [1.54, 1.807) is 12.1 Å². The Labute approximate surface area is 95.6 Å². The molecule has 1 aliphatic rings. The van der Waals surface area contributed by atoms with Gasteiger partial charge in [-0.15, -0.1) is 0 Å². The van der Waals surface area contributed by atoms with Crippen LogP contribution in [0, 0.1) is 11.3 Å². The third-order valence-corrected chi connectivity index (χ3v) is 5.33. The maximum Gasteiger partial charge on any atom is 0.181 e. The minimum atomic E-state index is -3.17. The van der Waals surface area contributed by atoms with Crippen molar-refractivity contribution in [3.8, 4) is 6.07 Å². The minimum absolute atomic E-state index is 0.222. The van der Waals surface area contributed by atoms with E-state index in [0.29, 0.717) is 10.5 Å². The monoisotopic (exact) mass is 235 g/mol. The van der Waals surface area contributed by atoms with Crippen molar-refractivity contribution >= 4 is 9.84 Å². The first-order chi connectivity index (χ1) is 7.64. The van der Waals surface area contributed by atoms with Gasteiger partial charge < -0.3 is 0 Å². The van der Waals surface area contributed by atoms with Crippen molar-refractivity contribution in [2.45, 2.75) is 35.8 Å². The molecule has 0 spiro atoms. The van der Waals surface area contributed by atoms with Gasteiger partial charge in [-0.2, -0.15) is 5.26 Å². The molecule has 1 aromatic carbocycles. The Hall–Kier alpha value is -1.34. The van der Waals surface area contributed by atoms with Crippen LogP contribution in [0.4, 0.5) is 0 Å². The molecule has 0 unspecified atom stereocenters. The fourth-order valence-electron chi connectivity index (χ4n) is 2.11. The van der Waals surface area contributed by atoms with Crippen molar-refractivity contribution in [1.29, 1.82) is 5.26 Å². The van der Waals surface area contributed by atoms with Gasteiger partial charge in [-0.1, -0.05) is 12.8 Å². The van der Waals surface area contributed by atoms with Crippen molar-refractivity contribution in [3.05, 3.63) is 29.8 Å². The van der Waals surface area contributed by atoms with Gasteiger partial charge in [-0.3, -0.25) is 0 Å². The first-order valence-corrected chi connectivity index (χ1v) is 6.93. The summed E-state index contributed by atoms with van der Waals surface area (Å²) in [5, 5.41) is 8.42. The number of hydrogen-bond donors (Lipinski definition) is 0. The summed E-state index contributed by atoms with van der Waals surface area (Å²) in [5.74, 6) is 0. The summed E-state index contributed by atoms with van der Waals surface area (Å²) < 4.78 is 24.3. The van der Waals surface area contributed by atoms with Gasteiger partial charge in [-0.25, -0.2) is 8.42 Å². The molecule has 1 aliphatic carbocycles. The average Bonchev–Trinajstić information content (AvgIpc) is 2.83. The van der Waals surface area contributed by atoms with Crippen LogP contribution in [0.1, 0.15) is 31.2 Å². The fraction of sp³-hybridized carbons (Fsp3) is 0.417. The van der Waals surface area contributed by atoms with E-state index in [1.807, 2.05) is 6.07 Å². The molecule has 1 aromatic rings. The van der Waals surface area contributed by atoms with Gasteiger partial charge in [0.15, 0.2) is 9.84 Å². The Balaban J connectivity index is 2.32. The van der Waals surface area contributed by atoms with Crippen LogP contribution in [0.5, 0.6) is 0 Å². The van der Waals surface area contributed by atoms with E-state index in [9.17, 15) is 8.42 Å². The maximum atomic E-state index is 12.2. The highest BCUT2D eigenvalue weighted by molar-refractivity contribution is 7.92. The van der Waals surface area contributed by atoms with Crippen LogP contribution >= 0.6 is 0 Å². The quantitative estimate of drug-likeness (QED) is 0.790. The Morgan fingerprint density at radius 1 is 1.12 bits per heavy atom. The standard InChI is InChI=1S/C12H13NO2S/c13-9-10-5-7-12(8-6-10)16(14,15)11-3-1-2-4-11/h5-8,11H,1-4H2. The van der Waals surface area contributed by atoms with Crippen molar-refractivity contribution in [2.75, 3.05) is 0 Å². The van der Waals surface area contributed by atoms with E-state index in [0.717, 1.165) is 25.7 Å². The van der Waals surface area contributed by atoms with Crippen molar-refractivity contribution in [3.63, 3.8) is 0 Å². The second-order valence-corrected chi connectivity index (χ2v) is 6.32. The minimum Gasteiger partial charge on any atom is -0.223 e. The molecule has 1 saturated carbocycles. The predicted octanol–water partition coefficient (Wildman–Crippen LogP) is 2.27. The smallest absolute Gasteiger partial charge is 0.181 e. The summed E-state index contributed by atoms with van der Waals surface area (Å²) in [4.78, 5) is 0.346. The van der Waals surface area contributed by atoms with Crippen LogP contribution in [0.25, 0.3) is 0 Å². The van der Waals surface area contributed by atoms with Gasteiger partial charge in [0.05, 0.1) is 21.8 Å². The molecule has 4 heteroatoms. The normalized spacial score (nSPS) is 17.2. The van der Waals surface area contributed by atoms with E-state index >= 15 is 0 Å². The number of nitriles is 1. The Bertz CT molecular complexity index is 505. The van der Waals surface area contributed by atoms with Gasteiger partial charge in [0, 0.05) is 0 Å². The van der Waals surface area contributed by atoms with Crippen LogP contribution in [0.15, 0.2) is 29.2 Å². The number of benzene rings is 1. The Morgan fingerprint density at radius 3 is 2.19 bits per heavy atom. The van der Waals surface area contributed by atoms with E-state index in [1.165, 1.54) is 12.1 Å². The first-order valence-electron chi connectivity index (χ1n) is 5.38. The third kappa shape index (κ3) is 1.96. The Morgan fingerprint density at radius 2 is 1.69 bits per heavy atom. The molecule has 0 aromatic heterocycles. The molecule has 2 rings (SSSR count). The molecule has 1 fully saturated rings. The van der Waals surface area contributed by atoms with Crippen LogP contribution in [0.3, 0.4) is 0 Å². The molecule has 0 atom stereocenters. The zero-order valence-corrected chi connectivity index (χ0v) is 9.70. The average molecular weight is 235 g/mol. The molecular formula is C12H13NO2S. The van der Waals surface area contributed by atoms with Crippen molar-refractivity contribution in [1.82, 2.24) is 0 Å². The zero-order valence-electron chi connectivity index (χ0n) is 8.89. The lowest BCUT2D eigenvalue weighted by Crippen LogP contribution is -2.17. The fourth-order valence-corrected chi connectivity index (χ4v) is 3.96. The second-order valence-electron chi connectivity index (χ2n) is 4.09. The second kappa shape index (κ2) is 4.26. The van der Waals surface area contributed by atoms with Crippen LogP contribution < -0.4 is 0 Å². The third-order valence-electron chi connectivity index (χ3n) is 3.05. The van der Waals surface area contributed by atoms with Crippen molar-refractivity contribution in [2.24, 2.45) is 0 Å². The van der Waals surface area contributed by atoms with E-state index < -0.39 is 9.84 Å². The molecule has 0 N–H and O–H groups in total. The SMILES string of the molecule is N#Cc1ccc(S(=O)(=O)C2CCCC2)cc1. The largest absolute Gasteiger partial charge is 0.223 e. The summed E-state index contributed by atoms with van der Waals surface area (Å²) in [6, 6.07) is 8.16. The molecule has 0 heterocycles. The van der Waals surface area contributed by atoms with Gasteiger partial charge in [0.1, 0.15) is 0 Å². The number of rotatable bonds is 2. The van der Waals surface area contributed by atoms with Crippen LogP contribution in [-0.2, 0) is 9.84 Å². The van der Waals surface area contributed by atoms with Gasteiger partial charge in [-0.05, 0) is 37.1 Å². The number of sulfone groups is 1. The molecule has 0 aliphatic heterocycles. The molecule has 0 amide bonds. The van der Waals surface area contributed by atoms with Crippen molar-refractivity contribution < 1.29 is 8.42 Å². The maximum absolute atomic E-state index is 12.2. The predicted molar refractivity (Wildman–Crippen MR) is 60.6 cm³/mol. The van der Waals surface area contributed by atoms with Gasteiger partial charge in [0.2, 0.25) is 0 Å². The number of nitrogens with zero attached hydrogens (tertiary/aromatic N) is 1. The zero-order chi connectivity index (χ0) is 11.6. The highest BCUT2D eigenvalue weighted by Gasteiger charge is 2.29. The molecule has 84 valence electrons. The molecule has 3 nitrogen and oxygen atoms in total. The molecule has 16 heavy (non-hydrogen) atoms. The molecule has 0 bridgehead atoms. The van der Waals surface area contributed by atoms with Gasteiger partial charge >= 0.3 is 0 Å². The Kier molecular flexibility index (Phi) is 2.97.